The first-order chi connectivity index (χ1) is 8.93. The van der Waals surface area contributed by atoms with Gasteiger partial charge >= 0.3 is 5.97 Å². The van der Waals surface area contributed by atoms with Gasteiger partial charge in [-0.1, -0.05) is 32.0 Å². The summed E-state index contributed by atoms with van der Waals surface area (Å²) in [5, 5.41) is 6.13. The van der Waals surface area contributed by atoms with E-state index in [1.54, 1.807) is 6.07 Å². The molecule has 1 aromatic heterocycles. The van der Waals surface area contributed by atoms with E-state index in [-0.39, 0.29) is 16.8 Å². The van der Waals surface area contributed by atoms with Crippen molar-refractivity contribution in [2.24, 2.45) is 21.9 Å². The van der Waals surface area contributed by atoms with E-state index in [0.717, 1.165) is 12.1 Å². The number of hydrogen-bond donors (Lipinski definition) is 0. The van der Waals surface area contributed by atoms with Crippen LogP contribution in [0.2, 0.25) is 0 Å². The predicted octanol–water partition coefficient (Wildman–Crippen LogP) is 4.11. The SMILES string of the molecule is CC12CCC(C1)C(C)(C)/C2=N\OC(=O)c1cccs1. The fraction of sp³-hybridized carbons (Fsp3) is 0.600. The number of rotatable bonds is 2. The van der Waals surface area contributed by atoms with Crippen molar-refractivity contribution in [1.82, 2.24) is 0 Å². The maximum absolute atomic E-state index is 11.9. The maximum atomic E-state index is 11.9. The van der Waals surface area contributed by atoms with Crippen molar-refractivity contribution in [1.29, 1.82) is 0 Å². The van der Waals surface area contributed by atoms with E-state index in [1.807, 2.05) is 11.4 Å². The molecule has 3 nitrogen and oxygen atoms in total. The van der Waals surface area contributed by atoms with Gasteiger partial charge in [0.25, 0.3) is 0 Å². The average Bonchev–Trinajstić information content (AvgIpc) is 3.00. The molecule has 2 bridgehead atoms. The molecule has 0 aliphatic heterocycles. The van der Waals surface area contributed by atoms with Gasteiger partial charge in [0.2, 0.25) is 0 Å². The molecule has 3 rings (SSSR count). The lowest BCUT2D eigenvalue weighted by atomic mass is 9.71. The molecule has 2 aliphatic rings. The minimum absolute atomic E-state index is 0.0583. The quantitative estimate of drug-likeness (QED) is 0.603. The van der Waals surface area contributed by atoms with Gasteiger partial charge < -0.3 is 4.84 Å². The zero-order chi connectivity index (χ0) is 13.7. The Morgan fingerprint density at radius 2 is 2.26 bits per heavy atom. The van der Waals surface area contributed by atoms with Gasteiger partial charge in [0.05, 0.1) is 5.71 Å². The second-order valence-electron chi connectivity index (χ2n) is 6.52. The summed E-state index contributed by atoms with van der Waals surface area (Å²) in [5.74, 6) is 0.335. The zero-order valence-electron chi connectivity index (χ0n) is 11.6. The monoisotopic (exact) mass is 277 g/mol. The van der Waals surface area contributed by atoms with Gasteiger partial charge in [-0.05, 0) is 36.6 Å². The Hall–Kier alpha value is -1.16. The highest BCUT2D eigenvalue weighted by Gasteiger charge is 2.57. The van der Waals surface area contributed by atoms with Gasteiger partial charge in [0, 0.05) is 10.8 Å². The van der Waals surface area contributed by atoms with Crippen LogP contribution >= 0.6 is 11.3 Å². The molecule has 1 aromatic rings. The number of oxime groups is 1. The summed E-state index contributed by atoms with van der Waals surface area (Å²) >= 11 is 1.38. The fourth-order valence-corrected chi connectivity index (χ4v) is 4.39. The summed E-state index contributed by atoms with van der Waals surface area (Å²) in [5.41, 5.74) is 1.26. The first kappa shape index (κ1) is 12.9. The lowest BCUT2D eigenvalue weighted by Crippen LogP contribution is -2.36. The summed E-state index contributed by atoms with van der Waals surface area (Å²) in [4.78, 5) is 17.7. The van der Waals surface area contributed by atoms with Crippen LogP contribution in [0.5, 0.6) is 0 Å². The normalized spacial score (nSPS) is 33.8. The Morgan fingerprint density at radius 1 is 1.47 bits per heavy atom. The van der Waals surface area contributed by atoms with Crippen LogP contribution in [-0.4, -0.2) is 11.7 Å². The molecule has 0 aromatic carbocycles. The van der Waals surface area contributed by atoms with Crippen LogP contribution in [0.3, 0.4) is 0 Å². The Morgan fingerprint density at radius 3 is 2.84 bits per heavy atom. The molecule has 2 aliphatic carbocycles. The largest absolute Gasteiger partial charge is 0.375 e. The molecule has 1 heterocycles. The highest BCUT2D eigenvalue weighted by molar-refractivity contribution is 7.11. The highest BCUT2D eigenvalue weighted by Crippen LogP contribution is 2.60. The van der Waals surface area contributed by atoms with Crippen molar-refractivity contribution in [3.63, 3.8) is 0 Å². The van der Waals surface area contributed by atoms with Crippen molar-refractivity contribution in [3.8, 4) is 0 Å². The van der Waals surface area contributed by atoms with E-state index in [4.69, 9.17) is 4.84 Å². The minimum atomic E-state index is -0.343. The molecule has 0 N–H and O–H groups in total. The molecule has 0 spiro atoms. The van der Waals surface area contributed by atoms with Crippen LogP contribution < -0.4 is 0 Å². The third kappa shape index (κ3) is 1.93. The Bertz CT molecular complexity index is 526. The van der Waals surface area contributed by atoms with Crippen LogP contribution in [0.1, 0.15) is 49.7 Å². The molecule has 2 fully saturated rings. The van der Waals surface area contributed by atoms with Crippen molar-refractivity contribution >= 4 is 23.0 Å². The molecule has 2 saturated carbocycles. The molecule has 2 unspecified atom stereocenters. The van der Waals surface area contributed by atoms with Crippen LogP contribution in [0.4, 0.5) is 0 Å². The van der Waals surface area contributed by atoms with Gasteiger partial charge in [-0.15, -0.1) is 11.3 Å². The lowest BCUT2D eigenvalue weighted by molar-refractivity contribution is 0.0512. The van der Waals surface area contributed by atoms with Gasteiger partial charge in [0.1, 0.15) is 4.88 Å². The second-order valence-corrected chi connectivity index (χ2v) is 7.47. The summed E-state index contributed by atoms with van der Waals surface area (Å²) < 4.78 is 0. The standard InChI is InChI=1S/C15H19NO2S/c1-14(2)10-6-7-15(3,9-10)13(14)16-18-12(17)11-5-4-8-19-11/h4-5,8,10H,6-7,9H2,1-3H3/b16-13+. The molecule has 0 amide bonds. The zero-order valence-corrected chi connectivity index (χ0v) is 12.4. The Labute approximate surface area is 117 Å². The second kappa shape index (κ2) is 4.17. The number of fused-ring (bicyclic) bond motifs is 2. The summed E-state index contributed by atoms with van der Waals surface area (Å²) in [6, 6.07) is 3.61. The number of carbonyl (C=O) groups is 1. The highest BCUT2D eigenvalue weighted by atomic mass is 32.1. The summed E-state index contributed by atoms with van der Waals surface area (Å²) in [6.07, 6.45) is 3.60. The topological polar surface area (TPSA) is 38.7 Å². The third-order valence-electron chi connectivity index (χ3n) is 4.89. The van der Waals surface area contributed by atoms with E-state index in [1.165, 1.54) is 24.2 Å². The Balaban J connectivity index is 1.82. The predicted molar refractivity (Wildman–Crippen MR) is 76.4 cm³/mol. The molecule has 0 radical (unpaired) electrons. The van der Waals surface area contributed by atoms with Gasteiger partial charge in [-0.25, -0.2) is 4.79 Å². The van der Waals surface area contributed by atoms with Crippen LogP contribution in [0.25, 0.3) is 0 Å². The average molecular weight is 277 g/mol. The number of hydrogen-bond acceptors (Lipinski definition) is 4. The van der Waals surface area contributed by atoms with Crippen LogP contribution in [0.15, 0.2) is 22.7 Å². The van der Waals surface area contributed by atoms with Crippen molar-refractivity contribution in [2.75, 3.05) is 0 Å². The Kier molecular flexibility index (Phi) is 2.82. The molecule has 19 heavy (non-hydrogen) atoms. The molecule has 102 valence electrons. The minimum Gasteiger partial charge on any atom is -0.312 e. The fourth-order valence-electron chi connectivity index (χ4n) is 3.80. The number of nitrogens with zero attached hydrogens (tertiary/aromatic N) is 1. The number of carbonyl (C=O) groups excluding carboxylic acids is 1. The lowest BCUT2D eigenvalue weighted by Gasteiger charge is -2.34. The molecular formula is C15H19NO2S. The van der Waals surface area contributed by atoms with Crippen molar-refractivity contribution < 1.29 is 9.63 Å². The third-order valence-corrected chi connectivity index (χ3v) is 5.74. The number of thiophene rings is 1. The van der Waals surface area contributed by atoms with Crippen LogP contribution in [0, 0.1) is 16.7 Å². The molecule has 2 atom stereocenters. The van der Waals surface area contributed by atoms with E-state index in [0.29, 0.717) is 10.8 Å². The molecule has 0 saturated heterocycles. The van der Waals surface area contributed by atoms with E-state index in [9.17, 15) is 4.79 Å². The van der Waals surface area contributed by atoms with E-state index < -0.39 is 0 Å². The van der Waals surface area contributed by atoms with Crippen molar-refractivity contribution in [2.45, 2.75) is 40.0 Å². The summed E-state index contributed by atoms with van der Waals surface area (Å²) in [7, 11) is 0. The van der Waals surface area contributed by atoms with Gasteiger partial charge in [-0.3, -0.25) is 0 Å². The van der Waals surface area contributed by atoms with Gasteiger partial charge in [0.15, 0.2) is 0 Å². The van der Waals surface area contributed by atoms with E-state index >= 15 is 0 Å². The first-order valence-corrected chi connectivity index (χ1v) is 7.65. The smallest absolute Gasteiger partial charge is 0.312 e. The van der Waals surface area contributed by atoms with Gasteiger partial charge in [-0.2, -0.15) is 0 Å². The van der Waals surface area contributed by atoms with Crippen molar-refractivity contribution in [3.05, 3.63) is 22.4 Å². The molecule has 4 heteroatoms. The van der Waals surface area contributed by atoms with Crippen LogP contribution in [-0.2, 0) is 4.84 Å². The summed E-state index contributed by atoms with van der Waals surface area (Å²) in [6.45, 7) is 6.69. The maximum Gasteiger partial charge on any atom is 0.375 e. The first-order valence-electron chi connectivity index (χ1n) is 6.77. The van der Waals surface area contributed by atoms with E-state index in [2.05, 4.69) is 25.9 Å². The molecular weight excluding hydrogens is 258 g/mol.